The number of para-hydroxylation sites is 1. The molecule has 1 nitrogen and oxygen atoms in total. The second kappa shape index (κ2) is 10.9. The van der Waals surface area contributed by atoms with E-state index in [1.54, 1.807) is 0 Å². The first-order valence-electron chi connectivity index (χ1n) is 17.6. The highest BCUT2D eigenvalue weighted by molar-refractivity contribution is 7.22. The van der Waals surface area contributed by atoms with Crippen LogP contribution in [0.1, 0.15) is 22.3 Å². The van der Waals surface area contributed by atoms with Gasteiger partial charge < -0.3 is 4.90 Å². The summed E-state index contributed by atoms with van der Waals surface area (Å²) in [5.74, 6) is 0. The molecule has 2 aliphatic rings. The van der Waals surface area contributed by atoms with Crippen LogP contribution in [-0.2, 0) is 5.41 Å². The van der Waals surface area contributed by atoms with Crippen molar-refractivity contribution < 1.29 is 0 Å². The summed E-state index contributed by atoms with van der Waals surface area (Å²) < 4.78 is 1.33. The molecule has 2 heteroatoms. The molecule has 238 valence electrons. The summed E-state index contributed by atoms with van der Waals surface area (Å²) in [6.07, 6.45) is 0. The minimum Gasteiger partial charge on any atom is -0.310 e. The molecule has 9 aromatic rings. The molecule has 51 heavy (non-hydrogen) atoms. The first-order chi connectivity index (χ1) is 25.3. The molecule has 0 atom stereocenters. The first kappa shape index (κ1) is 28.6. The third-order valence-electron chi connectivity index (χ3n) is 11.1. The van der Waals surface area contributed by atoms with E-state index in [-0.39, 0.29) is 0 Å². The van der Waals surface area contributed by atoms with Gasteiger partial charge in [0.15, 0.2) is 0 Å². The van der Waals surface area contributed by atoms with Gasteiger partial charge in [-0.15, -0.1) is 11.3 Å². The van der Waals surface area contributed by atoms with Crippen molar-refractivity contribution >= 4 is 49.3 Å². The summed E-state index contributed by atoms with van der Waals surface area (Å²) in [5.41, 5.74) is 15.0. The fraction of sp³-hybridized carbons (Fsp3) is 0.0204. The highest BCUT2D eigenvalue weighted by atomic mass is 32.1. The van der Waals surface area contributed by atoms with E-state index in [9.17, 15) is 0 Å². The van der Waals surface area contributed by atoms with Crippen molar-refractivity contribution in [3.8, 4) is 32.7 Å². The van der Waals surface area contributed by atoms with Crippen molar-refractivity contribution in [2.24, 2.45) is 0 Å². The lowest BCUT2D eigenvalue weighted by atomic mass is 9.70. The second-order valence-electron chi connectivity index (χ2n) is 13.6. The van der Waals surface area contributed by atoms with Gasteiger partial charge in [-0.05, 0) is 103 Å². The summed E-state index contributed by atoms with van der Waals surface area (Å²) in [6, 6.07) is 69.5. The van der Waals surface area contributed by atoms with E-state index in [4.69, 9.17) is 0 Å². The quantitative estimate of drug-likeness (QED) is 0.181. The third-order valence-corrected chi connectivity index (χ3v) is 12.2. The van der Waals surface area contributed by atoms with Crippen molar-refractivity contribution in [1.29, 1.82) is 0 Å². The van der Waals surface area contributed by atoms with Gasteiger partial charge in [-0.2, -0.15) is 0 Å². The minimum atomic E-state index is -0.407. The van der Waals surface area contributed by atoms with Crippen LogP contribution in [0.5, 0.6) is 0 Å². The normalized spacial score (nSPS) is 13.3. The molecule has 11 rings (SSSR count). The topological polar surface area (TPSA) is 3.24 Å². The van der Waals surface area contributed by atoms with Gasteiger partial charge in [-0.1, -0.05) is 146 Å². The average Bonchev–Trinajstić information content (AvgIpc) is 3.82. The van der Waals surface area contributed by atoms with Gasteiger partial charge >= 0.3 is 0 Å². The molecule has 1 aromatic heterocycles. The molecule has 0 fully saturated rings. The van der Waals surface area contributed by atoms with Crippen molar-refractivity contribution in [2.75, 3.05) is 4.90 Å². The summed E-state index contributed by atoms with van der Waals surface area (Å²) in [5, 5.41) is 3.86. The molecule has 0 N–H and O–H groups in total. The zero-order valence-electron chi connectivity index (χ0n) is 27.8. The van der Waals surface area contributed by atoms with Crippen LogP contribution in [0.4, 0.5) is 17.1 Å². The largest absolute Gasteiger partial charge is 0.310 e. The molecule has 0 saturated carbocycles. The lowest BCUT2D eigenvalue weighted by molar-refractivity contribution is 0.802. The first-order valence-corrected chi connectivity index (χ1v) is 18.4. The van der Waals surface area contributed by atoms with Gasteiger partial charge in [0.1, 0.15) is 0 Å². The van der Waals surface area contributed by atoms with E-state index in [1.807, 2.05) is 11.3 Å². The van der Waals surface area contributed by atoms with Crippen LogP contribution in [0.25, 0.3) is 53.6 Å². The zero-order valence-corrected chi connectivity index (χ0v) is 28.6. The van der Waals surface area contributed by atoms with Crippen LogP contribution in [0.3, 0.4) is 0 Å². The number of thiophene rings is 1. The molecule has 1 spiro atoms. The zero-order chi connectivity index (χ0) is 33.5. The van der Waals surface area contributed by atoms with Crippen molar-refractivity contribution in [3.63, 3.8) is 0 Å². The molecular formula is C49H31NS. The van der Waals surface area contributed by atoms with E-state index in [0.717, 1.165) is 11.4 Å². The van der Waals surface area contributed by atoms with E-state index in [2.05, 4.69) is 193 Å². The Labute approximate surface area is 301 Å². The Morgan fingerprint density at radius 2 is 1.04 bits per heavy atom. The Morgan fingerprint density at radius 1 is 0.431 bits per heavy atom. The second-order valence-corrected chi connectivity index (χ2v) is 14.7. The Hall–Kier alpha value is -6.22. The number of fused-ring (bicyclic) bond motifs is 13. The average molecular weight is 666 g/mol. The summed E-state index contributed by atoms with van der Waals surface area (Å²) in [4.78, 5) is 3.82. The Kier molecular flexibility index (Phi) is 6.11. The minimum absolute atomic E-state index is 0.407. The maximum Gasteiger partial charge on any atom is 0.0740 e. The molecule has 0 unspecified atom stereocenters. The number of hydrogen-bond acceptors (Lipinski definition) is 2. The van der Waals surface area contributed by atoms with E-state index < -0.39 is 5.41 Å². The molecule has 1 heterocycles. The molecular weight excluding hydrogens is 635 g/mol. The Bertz CT molecular complexity index is 2760. The summed E-state index contributed by atoms with van der Waals surface area (Å²) >= 11 is 1.94. The van der Waals surface area contributed by atoms with Crippen LogP contribution in [0.15, 0.2) is 188 Å². The van der Waals surface area contributed by atoms with Gasteiger partial charge in [-0.25, -0.2) is 0 Å². The highest BCUT2D eigenvalue weighted by Crippen LogP contribution is 2.67. The number of nitrogens with zero attached hydrogens (tertiary/aromatic N) is 1. The Balaban J connectivity index is 1.17. The fourth-order valence-electron chi connectivity index (χ4n) is 8.98. The predicted octanol–water partition coefficient (Wildman–Crippen LogP) is 13.5. The SMILES string of the molecule is c1ccc(N(c2ccc(-c3ccc4ccccc4c3)cc2)c2cccc3c2-c2sc4ccccc4c2C32c3ccccc3-c3ccccc32)cc1. The van der Waals surface area contributed by atoms with Gasteiger partial charge in [-0.3, -0.25) is 0 Å². The Morgan fingerprint density at radius 3 is 1.82 bits per heavy atom. The molecule has 0 radical (unpaired) electrons. The summed E-state index contributed by atoms with van der Waals surface area (Å²) in [6.45, 7) is 0. The molecule has 0 amide bonds. The van der Waals surface area contributed by atoms with Crippen LogP contribution >= 0.6 is 11.3 Å². The van der Waals surface area contributed by atoms with Crippen molar-refractivity contribution in [1.82, 2.24) is 0 Å². The molecule has 0 saturated heterocycles. The highest BCUT2D eigenvalue weighted by Gasteiger charge is 2.54. The predicted molar refractivity (Wildman–Crippen MR) is 216 cm³/mol. The molecule has 0 aliphatic heterocycles. The van der Waals surface area contributed by atoms with E-state index in [0.29, 0.717) is 0 Å². The van der Waals surface area contributed by atoms with Crippen LogP contribution in [0.2, 0.25) is 0 Å². The smallest absolute Gasteiger partial charge is 0.0740 e. The number of benzene rings is 8. The number of rotatable bonds is 4. The lowest BCUT2D eigenvalue weighted by Gasteiger charge is -2.32. The monoisotopic (exact) mass is 665 g/mol. The molecule has 2 aliphatic carbocycles. The van der Waals surface area contributed by atoms with E-state index >= 15 is 0 Å². The van der Waals surface area contributed by atoms with Gasteiger partial charge in [0.05, 0.1) is 11.1 Å². The summed E-state index contributed by atoms with van der Waals surface area (Å²) in [7, 11) is 0. The maximum atomic E-state index is 2.46. The standard InChI is InChI=1S/C49H31NS/c1-2-15-36(16-3-1)50(37-29-27-33(28-30-37)35-26-25-32-13-4-5-14-34(32)31-35)44-23-12-22-43-46(44)48-47(40-19-8-11-24-45(40)51-48)49(43)41-20-9-6-17-38(41)39-18-7-10-21-42(39)49/h1-31H. The van der Waals surface area contributed by atoms with Crippen LogP contribution < -0.4 is 4.90 Å². The maximum absolute atomic E-state index is 2.46. The molecule has 8 aromatic carbocycles. The third kappa shape index (κ3) is 3.97. The van der Waals surface area contributed by atoms with E-state index in [1.165, 1.54) is 81.5 Å². The van der Waals surface area contributed by atoms with Gasteiger partial charge in [0, 0.05) is 26.5 Å². The van der Waals surface area contributed by atoms with Crippen LogP contribution in [-0.4, -0.2) is 0 Å². The fourth-order valence-corrected chi connectivity index (χ4v) is 10.3. The number of hydrogen-bond donors (Lipinski definition) is 0. The lowest BCUT2D eigenvalue weighted by Crippen LogP contribution is -2.26. The molecule has 0 bridgehead atoms. The van der Waals surface area contributed by atoms with Crippen molar-refractivity contribution in [3.05, 3.63) is 210 Å². The van der Waals surface area contributed by atoms with Gasteiger partial charge in [0.25, 0.3) is 0 Å². The van der Waals surface area contributed by atoms with Crippen LogP contribution in [0, 0.1) is 0 Å². The number of anilines is 3. The van der Waals surface area contributed by atoms with Gasteiger partial charge in [0.2, 0.25) is 0 Å². The van der Waals surface area contributed by atoms with Crippen molar-refractivity contribution in [2.45, 2.75) is 5.41 Å².